The lowest BCUT2D eigenvalue weighted by atomic mass is 9.67. The molecule has 6 aromatic carbocycles. The molecule has 4 fully saturated rings. The first-order valence-corrected chi connectivity index (χ1v) is 34.9. The van der Waals surface area contributed by atoms with Crippen LogP contribution in [0, 0.1) is 59.3 Å². The van der Waals surface area contributed by atoms with Crippen molar-refractivity contribution in [2.75, 3.05) is 26.4 Å². The summed E-state index contributed by atoms with van der Waals surface area (Å²) in [7, 11) is 0. The van der Waals surface area contributed by atoms with Crippen molar-refractivity contribution < 1.29 is 72.1 Å². The van der Waals surface area contributed by atoms with Gasteiger partial charge in [0.1, 0.15) is 51.1 Å². The fourth-order valence-corrected chi connectivity index (χ4v) is 15.2. The maximum Gasteiger partial charge on any atom is 0.336 e. The fourth-order valence-electron chi connectivity index (χ4n) is 15.2. The monoisotopic (exact) mass is 1360 g/mol. The number of carbonyl (C=O) groups is 3. The largest absolute Gasteiger partial charge is 0.493 e. The van der Waals surface area contributed by atoms with E-state index in [4.69, 9.17) is 47.2 Å². The quantitative estimate of drug-likeness (QED) is 0.0638. The molecule has 1 spiro atoms. The van der Waals surface area contributed by atoms with Gasteiger partial charge in [-0.1, -0.05) is 72.8 Å². The average Bonchev–Trinajstić information content (AvgIpc) is 1.75. The van der Waals surface area contributed by atoms with E-state index in [9.17, 15) is 39.9 Å². The van der Waals surface area contributed by atoms with Gasteiger partial charge in [0.15, 0.2) is 17.3 Å². The molecule has 0 radical (unpaired) electrons. The van der Waals surface area contributed by atoms with Crippen molar-refractivity contribution in [1.82, 2.24) is 15.0 Å². The molecule has 0 amide bonds. The summed E-state index contributed by atoms with van der Waals surface area (Å²) in [5.74, 6) is 1.35. The molecule has 7 heterocycles. The van der Waals surface area contributed by atoms with Gasteiger partial charge in [0.25, 0.3) is 0 Å². The van der Waals surface area contributed by atoms with Crippen molar-refractivity contribution in [2.24, 2.45) is 17.8 Å². The van der Waals surface area contributed by atoms with Crippen LogP contribution >= 0.6 is 0 Å². The van der Waals surface area contributed by atoms with Crippen molar-refractivity contribution in [3.63, 3.8) is 0 Å². The summed E-state index contributed by atoms with van der Waals surface area (Å²) in [5.41, 5.74) is 10.3. The number of carboxylic acid groups (broad SMARTS) is 3. The number of hydrogen-bond donors (Lipinski definition) is 5. The van der Waals surface area contributed by atoms with Gasteiger partial charge in [-0.05, 0) is 215 Å². The van der Waals surface area contributed by atoms with Crippen LogP contribution < -0.4 is 14.2 Å². The number of rotatable bonds is 15. The van der Waals surface area contributed by atoms with E-state index in [0.717, 1.165) is 144 Å². The van der Waals surface area contributed by atoms with Crippen LogP contribution in [0.2, 0.25) is 0 Å². The fraction of sp³-hybridized carbons (Fsp3) is 0.349. The number of aliphatic hydroxyl groups is 2. The van der Waals surface area contributed by atoms with Crippen molar-refractivity contribution in [1.29, 1.82) is 0 Å². The van der Waals surface area contributed by atoms with E-state index in [-0.39, 0.29) is 22.3 Å². The Hall–Kier alpha value is -10.1. The molecular weight excluding hydrogens is 1280 g/mol. The molecule has 5 N–H and O–H groups in total. The number of pyridine rings is 3. The summed E-state index contributed by atoms with van der Waals surface area (Å²) >= 11 is 0. The molecule has 0 bridgehead atoms. The minimum atomic E-state index is -1.04. The van der Waals surface area contributed by atoms with Gasteiger partial charge in [0, 0.05) is 32.8 Å². The number of carboxylic acids is 3. The third kappa shape index (κ3) is 13.5. The Morgan fingerprint density at radius 3 is 1.01 bits per heavy atom. The number of para-hydroxylation sites is 3. The number of hydrogen-bond acceptors (Lipinski definition) is 15. The average molecular weight is 1360 g/mol. The predicted octanol–water partition coefficient (Wildman–Crippen LogP) is 18.5. The molecule has 3 aliphatic carbocycles. The molecule has 12 aromatic rings. The van der Waals surface area contributed by atoms with Crippen LogP contribution in [0.5, 0.6) is 17.2 Å². The number of fused-ring (bicyclic) bond motifs is 6. The van der Waals surface area contributed by atoms with Crippen LogP contribution in [-0.4, -0.2) is 102 Å². The highest BCUT2D eigenvalue weighted by atomic mass is 16.5. The zero-order chi connectivity index (χ0) is 70.8. The summed E-state index contributed by atoms with van der Waals surface area (Å²) in [5, 5.41) is 55.2. The molecule has 18 nitrogen and oxygen atoms in total. The number of aromatic nitrogens is 3. The van der Waals surface area contributed by atoms with Crippen molar-refractivity contribution in [3.8, 4) is 51.6 Å². The Labute approximate surface area is 583 Å². The van der Waals surface area contributed by atoms with Gasteiger partial charge in [0.2, 0.25) is 0 Å². The maximum atomic E-state index is 12.4. The Kier molecular flexibility index (Phi) is 18.2. The number of furan rings is 3. The number of aryl methyl sites for hydroxylation is 6. The molecule has 3 saturated carbocycles. The minimum Gasteiger partial charge on any atom is -0.493 e. The van der Waals surface area contributed by atoms with E-state index < -0.39 is 29.1 Å². The van der Waals surface area contributed by atoms with Crippen LogP contribution in [0.4, 0.5) is 0 Å². The predicted molar refractivity (Wildman–Crippen MR) is 388 cm³/mol. The zero-order valence-corrected chi connectivity index (χ0v) is 58.1. The molecule has 6 aromatic heterocycles. The van der Waals surface area contributed by atoms with Crippen molar-refractivity contribution in [2.45, 2.75) is 143 Å². The third-order valence-corrected chi connectivity index (χ3v) is 21.4. The van der Waals surface area contributed by atoms with Gasteiger partial charge in [-0.2, -0.15) is 0 Å². The van der Waals surface area contributed by atoms with Gasteiger partial charge in [-0.25, -0.2) is 29.3 Å². The number of benzene rings is 6. The topological polar surface area (TPSA) is 267 Å². The molecule has 16 rings (SSSR count). The van der Waals surface area contributed by atoms with E-state index in [2.05, 4.69) is 0 Å². The Morgan fingerprint density at radius 1 is 0.436 bits per heavy atom. The van der Waals surface area contributed by atoms with Crippen LogP contribution in [0.25, 0.3) is 100.0 Å². The van der Waals surface area contributed by atoms with Crippen molar-refractivity contribution in [3.05, 3.63) is 177 Å². The SMILES string of the molecule is Cc1c(-c2cc(C(=O)O)c3c(OCC4CC5(CCO5)C4)ccc(C)c3n2)oc2ccccc12.Cc1c(-c2cc(C(=O)O)c3c(OCC4CCC(C)(O)CC4)ccc(C)c3n2)oc2ccccc12.Cc1c(-c2cc(C(=O)O)c3c(OCC4CCC(C)(O)CC4)ccc(C)c3n2)oc2ccccc12. The molecule has 0 atom stereocenters. The van der Waals surface area contributed by atoms with Gasteiger partial charge < -0.3 is 57.7 Å². The maximum absolute atomic E-state index is 12.4. The van der Waals surface area contributed by atoms with Gasteiger partial charge in [-0.15, -0.1) is 0 Å². The summed E-state index contributed by atoms with van der Waals surface area (Å²) in [4.78, 5) is 51.6. The molecule has 520 valence electrons. The van der Waals surface area contributed by atoms with Crippen LogP contribution in [0.3, 0.4) is 0 Å². The normalized spacial score (nSPS) is 21.0. The molecule has 1 saturated heterocycles. The molecule has 1 aliphatic heterocycles. The first-order valence-electron chi connectivity index (χ1n) is 34.9. The first-order chi connectivity index (χ1) is 48.4. The van der Waals surface area contributed by atoms with E-state index in [1.165, 1.54) is 0 Å². The van der Waals surface area contributed by atoms with Crippen LogP contribution in [0.1, 0.15) is 149 Å². The first kappa shape index (κ1) is 68.0. The van der Waals surface area contributed by atoms with Gasteiger partial charge in [0.05, 0.1) is 92.6 Å². The second kappa shape index (κ2) is 27.1. The lowest BCUT2D eigenvalue weighted by Crippen LogP contribution is -2.55. The number of ether oxygens (including phenoxy) is 4. The Bertz CT molecular complexity index is 5000. The van der Waals surface area contributed by atoms with E-state index in [1.54, 1.807) is 18.2 Å². The number of nitrogens with zero attached hydrogens (tertiary/aromatic N) is 3. The highest BCUT2D eigenvalue weighted by molar-refractivity contribution is 6.10. The standard InChI is InChI=1S/2C28H29NO5.C27H25NO5/c2*1-16-8-9-23(33-15-18-10-12-28(3,32)13-11-18)24-20(27(30)31)14-21(29-25(16)24)26-17(2)19-6-4-5-7-22(19)34-26;1-15-7-8-22(31-14-17-12-27(13-17)9-10-32-27)23-19(26(29)30)11-20(28-24(15)23)25-16(2)18-5-3-4-6-21(18)33-25/h2*4-9,14,18,32H,10-13,15H2,1-3H3,(H,30,31);3-8,11,17H,9-10,12-14H2,1-2H3,(H,29,30). The second-order valence-electron chi connectivity index (χ2n) is 28.9. The summed E-state index contributed by atoms with van der Waals surface area (Å²) in [6.07, 6.45) is 9.69. The number of aromatic carboxylic acids is 3. The molecule has 101 heavy (non-hydrogen) atoms. The molecule has 18 heteroatoms. The lowest BCUT2D eigenvalue weighted by Gasteiger charge is -2.53. The van der Waals surface area contributed by atoms with Crippen molar-refractivity contribution >= 4 is 83.5 Å². The zero-order valence-electron chi connectivity index (χ0n) is 58.1. The molecule has 4 aliphatic rings. The van der Waals surface area contributed by atoms with Gasteiger partial charge in [-0.3, -0.25) is 0 Å². The summed E-state index contributed by atoms with van der Waals surface area (Å²) in [6.45, 7) is 17.8. The highest BCUT2D eigenvalue weighted by Gasteiger charge is 2.50. The Balaban J connectivity index is 0.000000129. The highest BCUT2D eigenvalue weighted by Crippen LogP contribution is 2.49. The molecular formula is C83H83N3O15. The third-order valence-electron chi connectivity index (χ3n) is 21.4. The smallest absolute Gasteiger partial charge is 0.336 e. The summed E-state index contributed by atoms with van der Waals surface area (Å²) < 4.78 is 42.5. The van der Waals surface area contributed by atoms with E-state index >= 15 is 0 Å². The molecule has 0 unspecified atom stereocenters. The Morgan fingerprint density at radius 2 is 0.733 bits per heavy atom. The lowest BCUT2D eigenvalue weighted by molar-refractivity contribution is -0.216. The summed E-state index contributed by atoms with van der Waals surface area (Å²) in [6, 6.07) is 39.3. The second-order valence-corrected chi connectivity index (χ2v) is 28.9. The minimum absolute atomic E-state index is 0.0937. The van der Waals surface area contributed by atoms with Crippen LogP contribution in [-0.2, 0) is 4.74 Å². The van der Waals surface area contributed by atoms with Crippen LogP contribution in [0.15, 0.2) is 141 Å². The van der Waals surface area contributed by atoms with E-state index in [0.29, 0.717) is 122 Å². The van der Waals surface area contributed by atoms with Gasteiger partial charge >= 0.3 is 17.9 Å². The van der Waals surface area contributed by atoms with E-state index in [1.807, 2.05) is 165 Å².